The van der Waals surface area contributed by atoms with Crippen LogP contribution in [-0.2, 0) is 4.79 Å². The van der Waals surface area contributed by atoms with Crippen LogP contribution in [0, 0.1) is 10.1 Å². The summed E-state index contributed by atoms with van der Waals surface area (Å²) in [4.78, 5) is 21.0. The standard InChI is InChI=1S/C11H13F2N3O3/c1-2-14-10(17)6-15-9-4-3-7(16(18)19)5-8(9)11(12)13/h3-5,11,15H,2,6H2,1H3,(H,14,17). The number of rotatable bonds is 6. The smallest absolute Gasteiger partial charge is 0.270 e. The van der Waals surface area contributed by atoms with Crippen molar-refractivity contribution in [2.75, 3.05) is 18.4 Å². The van der Waals surface area contributed by atoms with Crippen molar-refractivity contribution in [1.29, 1.82) is 0 Å². The number of carbonyl (C=O) groups is 1. The molecule has 2 N–H and O–H groups in total. The lowest BCUT2D eigenvalue weighted by atomic mass is 10.1. The van der Waals surface area contributed by atoms with Gasteiger partial charge in [-0.05, 0) is 13.0 Å². The topological polar surface area (TPSA) is 84.3 Å². The van der Waals surface area contributed by atoms with Gasteiger partial charge in [0.05, 0.1) is 11.5 Å². The van der Waals surface area contributed by atoms with Crippen LogP contribution in [0.2, 0.25) is 0 Å². The van der Waals surface area contributed by atoms with Gasteiger partial charge in [-0.3, -0.25) is 14.9 Å². The minimum atomic E-state index is -2.86. The molecule has 0 aromatic heterocycles. The fourth-order valence-electron chi connectivity index (χ4n) is 1.44. The predicted molar refractivity (Wildman–Crippen MR) is 65.2 cm³/mol. The number of halogens is 2. The third-order valence-corrected chi connectivity index (χ3v) is 2.29. The van der Waals surface area contributed by atoms with Crippen molar-refractivity contribution in [3.05, 3.63) is 33.9 Å². The Morgan fingerprint density at radius 3 is 2.68 bits per heavy atom. The minimum absolute atomic E-state index is 0.00635. The van der Waals surface area contributed by atoms with Crippen LogP contribution in [0.25, 0.3) is 0 Å². The zero-order chi connectivity index (χ0) is 14.4. The fraction of sp³-hybridized carbons (Fsp3) is 0.364. The van der Waals surface area contributed by atoms with Gasteiger partial charge in [-0.15, -0.1) is 0 Å². The highest BCUT2D eigenvalue weighted by molar-refractivity contribution is 5.81. The number of carbonyl (C=O) groups excluding carboxylic acids is 1. The number of anilines is 1. The first-order chi connectivity index (χ1) is 8.95. The minimum Gasteiger partial charge on any atom is -0.376 e. The molecule has 19 heavy (non-hydrogen) atoms. The third kappa shape index (κ3) is 4.16. The summed E-state index contributed by atoms with van der Waals surface area (Å²) in [5.74, 6) is -0.346. The summed E-state index contributed by atoms with van der Waals surface area (Å²) in [7, 11) is 0. The van der Waals surface area contributed by atoms with Gasteiger partial charge in [0.1, 0.15) is 0 Å². The first-order valence-corrected chi connectivity index (χ1v) is 5.52. The summed E-state index contributed by atoms with van der Waals surface area (Å²) in [6.07, 6.45) is -2.86. The lowest BCUT2D eigenvalue weighted by molar-refractivity contribution is -0.385. The van der Waals surface area contributed by atoms with Gasteiger partial charge in [-0.25, -0.2) is 8.78 Å². The van der Waals surface area contributed by atoms with Gasteiger partial charge in [0.25, 0.3) is 12.1 Å². The second-order valence-corrected chi connectivity index (χ2v) is 3.64. The number of non-ortho nitro benzene ring substituents is 1. The molecule has 0 heterocycles. The average Bonchev–Trinajstić information content (AvgIpc) is 2.36. The van der Waals surface area contributed by atoms with Crippen LogP contribution >= 0.6 is 0 Å². The van der Waals surface area contributed by atoms with E-state index in [4.69, 9.17) is 0 Å². The van der Waals surface area contributed by atoms with Gasteiger partial charge in [-0.2, -0.15) is 0 Å². The van der Waals surface area contributed by atoms with Gasteiger partial charge in [0.15, 0.2) is 0 Å². The van der Waals surface area contributed by atoms with Crippen molar-refractivity contribution in [3.63, 3.8) is 0 Å². The molecule has 0 aliphatic rings. The third-order valence-electron chi connectivity index (χ3n) is 2.29. The number of benzene rings is 1. The normalized spacial score (nSPS) is 10.3. The molecule has 104 valence electrons. The number of nitro groups is 1. The molecule has 0 fully saturated rings. The van der Waals surface area contributed by atoms with E-state index in [0.29, 0.717) is 6.54 Å². The number of likely N-dealkylation sites (N-methyl/N-ethyl adjacent to an activating group) is 1. The Labute approximate surface area is 108 Å². The van der Waals surface area contributed by atoms with Crippen LogP contribution in [0.4, 0.5) is 20.2 Å². The number of amides is 1. The molecule has 0 saturated heterocycles. The Kier molecular flexibility index (Phi) is 5.16. The molecule has 0 aliphatic heterocycles. The summed E-state index contributed by atoms with van der Waals surface area (Å²) >= 11 is 0. The Balaban J connectivity index is 2.88. The summed E-state index contributed by atoms with van der Waals surface area (Å²) in [5.41, 5.74) is -0.913. The number of nitrogens with zero attached hydrogens (tertiary/aromatic N) is 1. The second kappa shape index (κ2) is 6.62. The lowest BCUT2D eigenvalue weighted by Crippen LogP contribution is -2.29. The number of alkyl halides is 2. The van der Waals surface area contributed by atoms with Gasteiger partial charge in [0, 0.05) is 29.9 Å². The fourth-order valence-corrected chi connectivity index (χ4v) is 1.44. The lowest BCUT2D eigenvalue weighted by Gasteiger charge is -2.11. The number of hydrogen-bond acceptors (Lipinski definition) is 4. The number of nitrogens with one attached hydrogen (secondary N) is 2. The van der Waals surface area contributed by atoms with E-state index in [0.717, 1.165) is 12.1 Å². The first-order valence-electron chi connectivity index (χ1n) is 5.52. The molecule has 0 atom stereocenters. The number of nitro benzene ring substituents is 1. The van der Waals surface area contributed by atoms with Crippen LogP contribution in [0.5, 0.6) is 0 Å². The molecule has 1 aromatic carbocycles. The van der Waals surface area contributed by atoms with E-state index in [1.54, 1.807) is 6.92 Å². The summed E-state index contributed by atoms with van der Waals surface area (Å²) < 4.78 is 25.6. The van der Waals surface area contributed by atoms with Gasteiger partial charge >= 0.3 is 0 Å². The average molecular weight is 273 g/mol. The zero-order valence-corrected chi connectivity index (χ0v) is 10.2. The maximum Gasteiger partial charge on any atom is 0.270 e. The van der Waals surface area contributed by atoms with Crippen LogP contribution in [0.15, 0.2) is 18.2 Å². The molecular formula is C11H13F2N3O3. The van der Waals surface area contributed by atoms with E-state index >= 15 is 0 Å². The maximum absolute atomic E-state index is 12.8. The monoisotopic (exact) mass is 273 g/mol. The highest BCUT2D eigenvalue weighted by atomic mass is 19.3. The van der Waals surface area contributed by atoms with E-state index in [1.165, 1.54) is 6.07 Å². The van der Waals surface area contributed by atoms with Crippen molar-refractivity contribution in [1.82, 2.24) is 5.32 Å². The van der Waals surface area contributed by atoms with Crippen LogP contribution in [-0.4, -0.2) is 23.9 Å². The van der Waals surface area contributed by atoms with Crippen molar-refractivity contribution in [2.45, 2.75) is 13.3 Å². The molecule has 6 nitrogen and oxygen atoms in total. The molecule has 0 radical (unpaired) electrons. The van der Waals surface area contributed by atoms with Crippen molar-refractivity contribution in [2.24, 2.45) is 0 Å². The van der Waals surface area contributed by atoms with Crippen LogP contribution in [0.1, 0.15) is 18.9 Å². The van der Waals surface area contributed by atoms with E-state index < -0.39 is 22.6 Å². The van der Waals surface area contributed by atoms with E-state index in [9.17, 15) is 23.7 Å². The summed E-state index contributed by atoms with van der Waals surface area (Å²) in [6, 6.07) is 3.06. The molecule has 8 heteroatoms. The van der Waals surface area contributed by atoms with Gasteiger partial charge in [-0.1, -0.05) is 0 Å². The Bertz CT molecular complexity index is 480. The highest BCUT2D eigenvalue weighted by Crippen LogP contribution is 2.30. The molecule has 1 amide bonds. The molecule has 0 spiro atoms. The molecule has 0 aliphatic carbocycles. The maximum atomic E-state index is 12.8. The predicted octanol–water partition coefficient (Wildman–Crippen LogP) is 2.08. The Hall–Kier alpha value is -2.25. The molecule has 1 rings (SSSR count). The number of hydrogen-bond donors (Lipinski definition) is 2. The van der Waals surface area contributed by atoms with Crippen molar-refractivity contribution < 1.29 is 18.5 Å². The SMILES string of the molecule is CCNC(=O)CNc1ccc([N+](=O)[O-])cc1C(F)F. The summed E-state index contributed by atoms with van der Waals surface area (Å²) in [5, 5.41) is 15.5. The Morgan fingerprint density at radius 2 is 2.16 bits per heavy atom. The molecule has 1 aromatic rings. The largest absolute Gasteiger partial charge is 0.376 e. The molecule has 0 saturated carbocycles. The quantitative estimate of drug-likeness (QED) is 0.614. The van der Waals surface area contributed by atoms with E-state index in [1.807, 2.05) is 0 Å². The first kappa shape index (κ1) is 14.8. The van der Waals surface area contributed by atoms with Gasteiger partial charge in [0.2, 0.25) is 5.91 Å². The van der Waals surface area contributed by atoms with Crippen molar-refractivity contribution in [3.8, 4) is 0 Å². The van der Waals surface area contributed by atoms with Crippen LogP contribution in [0.3, 0.4) is 0 Å². The zero-order valence-electron chi connectivity index (χ0n) is 10.2. The van der Waals surface area contributed by atoms with Gasteiger partial charge < -0.3 is 10.6 Å². The summed E-state index contributed by atoms with van der Waals surface area (Å²) in [6.45, 7) is 1.99. The van der Waals surface area contributed by atoms with E-state index in [-0.39, 0.29) is 18.1 Å². The van der Waals surface area contributed by atoms with Crippen LogP contribution < -0.4 is 10.6 Å². The molecular weight excluding hydrogens is 260 g/mol. The Morgan fingerprint density at radius 1 is 1.47 bits per heavy atom. The highest BCUT2D eigenvalue weighted by Gasteiger charge is 2.18. The molecule has 0 bridgehead atoms. The molecule has 0 unspecified atom stereocenters. The van der Waals surface area contributed by atoms with E-state index in [2.05, 4.69) is 10.6 Å². The second-order valence-electron chi connectivity index (χ2n) is 3.64. The van der Waals surface area contributed by atoms with Crippen molar-refractivity contribution >= 4 is 17.3 Å².